The molecule has 0 aliphatic carbocycles. The molecule has 0 unspecified atom stereocenters. The Balaban J connectivity index is 1.83. The zero-order valence-electron chi connectivity index (χ0n) is 19.7. The van der Waals surface area contributed by atoms with Crippen molar-refractivity contribution in [2.45, 2.75) is 45.8 Å². The van der Waals surface area contributed by atoms with Crippen LogP contribution >= 0.6 is 0 Å². The number of hydrogen-bond donors (Lipinski definition) is 2. The molecule has 1 aromatic heterocycles. The van der Waals surface area contributed by atoms with Crippen LogP contribution in [-0.2, 0) is 11.3 Å². The average molecular weight is 447 g/mol. The van der Waals surface area contributed by atoms with E-state index in [2.05, 4.69) is 61.1 Å². The van der Waals surface area contributed by atoms with Crippen LogP contribution in [0, 0.1) is 5.41 Å². The van der Waals surface area contributed by atoms with E-state index in [9.17, 15) is 9.90 Å². The molecule has 0 bridgehead atoms. The molecule has 33 heavy (non-hydrogen) atoms. The number of rotatable bonds is 6. The van der Waals surface area contributed by atoms with E-state index < -0.39 is 0 Å². The lowest BCUT2D eigenvalue weighted by atomic mass is 9.84. The molecule has 1 aliphatic heterocycles. The minimum Gasteiger partial charge on any atom is -0.395 e. The highest BCUT2D eigenvalue weighted by atomic mass is 16.3. The molecule has 2 atom stereocenters. The number of amides is 1. The highest BCUT2D eigenvalue weighted by Crippen LogP contribution is 2.39. The monoisotopic (exact) mass is 446 g/mol. The molecule has 174 valence electrons. The van der Waals surface area contributed by atoms with Crippen LogP contribution in [0.3, 0.4) is 0 Å². The third kappa shape index (κ3) is 5.34. The molecule has 2 N–H and O–H groups in total. The maximum atomic E-state index is 13.3. The number of nitrogens with zero attached hydrogens (tertiary/aromatic N) is 3. The first-order chi connectivity index (χ1) is 15.9. The van der Waals surface area contributed by atoms with Gasteiger partial charge in [-0.1, -0.05) is 81.4 Å². The van der Waals surface area contributed by atoms with Gasteiger partial charge in [0.2, 0.25) is 5.91 Å². The van der Waals surface area contributed by atoms with Crippen molar-refractivity contribution < 1.29 is 9.90 Å². The van der Waals surface area contributed by atoms with Crippen molar-refractivity contribution in [2.24, 2.45) is 5.41 Å². The second-order valence-corrected chi connectivity index (χ2v) is 9.86. The van der Waals surface area contributed by atoms with Gasteiger partial charge < -0.3 is 19.9 Å². The SMILES string of the molecule is CC(C)(C)[C@H](c1nc(-c2ccccc2)cn1Cc1ccccc1)N1C[C@@H](CO)NCCC1=O. The average Bonchev–Trinajstić information content (AvgIpc) is 3.11. The maximum absolute atomic E-state index is 13.3. The van der Waals surface area contributed by atoms with Gasteiger partial charge in [-0.15, -0.1) is 0 Å². The number of carbonyl (C=O) groups excluding carboxylic acids is 1. The number of aliphatic hydroxyl groups is 1. The van der Waals surface area contributed by atoms with E-state index in [-0.39, 0.29) is 30.0 Å². The van der Waals surface area contributed by atoms with Crippen LogP contribution in [0.25, 0.3) is 11.3 Å². The Morgan fingerprint density at radius 2 is 1.76 bits per heavy atom. The topological polar surface area (TPSA) is 70.4 Å². The molecule has 4 rings (SSSR count). The first-order valence-corrected chi connectivity index (χ1v) is 11.7. The van der Waals surface area contributed by atoms with Gasteiger partial charge in [0.15, 0.2) is 0 Å². The summed E-state index contributed by atoms with van der Waals surface area (Å²) >= 11 is 0. The zero-order chi connectivity index (χ0) is 23.4. The molecule has 3 aromatic rings. The third-order valence-electron chi connectivity index (χ3n) is 6.18. The van der Waals surface area contributed by atoms with E-state index in [4.69, 9.17) is 4.98 Å². The minimum atomic E-state index is -0.256. The number of carbonyl (C=O) groups is 1. The summed E-state index contributed by atoms with van der Waals surface area (Å²) in [4.78, 5) is 20.3. The van der Waals surface area contributed by atoms with Crippen molar-refractivity contribution in [1.82, 2.24) is 19.8 Å². The zero-order valence-corrected chi connectivity index (χ0v) is 19.7. The fourth-order valence-electron chi connectivity index (χ4n) is 4.60. The van der Waals surface area contributed by atoms with E-state index in [1.807, 2.05) is 41.3 Å². The number of nitrogens with one attached hydrogen (secondary N) is 1. The van der Waals surface area contributed by atoms with Crippen molar-refractivity contribution >= 4 is 5.91 Å². The molecule has 0 saturated carbocycles. The lowest BCUT2D eigenvalue weighted by Gasteiger charge is -2.40. The van der Waals surface area contributed by atoms with Crippen LogP contribution in [0.2, 0.25) is 0 Å². The van der Waals surface area contributed by atoms with E-state index in [1.54, 1.807) is 0 Å². The van der Waals surface area contributed by atoms with Gasteiger partial charge in [-0.3, -0.25) is 4.79 Å². The lowest BCUT2D eigenvalue weighted by Crippen LogP contribution is -2.47. The molecule has 2 aromatic carbocycles. The van der Waals surface area contributed by atoms with Crippen molar-refractivity contribution in [3.63, 3.8) is 0 Å². The van der Waals surface area contributed by atoms with E-state index >= 15 is 0 Å². The Bertz CT molecular complexity index is 1060. The Labute approximate surface area is 196 Å². The van der Waals surface area contributed by atoms with Gasteiger partial charge in [-0.05, 0) is 11.0 Å². The van der Waals surface area contributed by atoms with Crippen molar-refractivity contribution in [3.8, 4) is 11.3 Å². The quantitative estimate of drug-likeness (QED) is 0.603. The molecule has 6 nitrogen and oxygen atoms in total. The summed E-state index contributed by atoms with van der Waals surface area (Å²) in [6, 6.07) is 20.1. The van der Waals surface area contributed by atoms with Gasteiger partial charge in [0, 0.05) is 43.9 Å². The highest BCUT2D eigenvalue weighted by Gasteiger charge is 2.39. The number of hydrogen-bond acceptors (Lipinski definition) is 4. The normalized spacial score (nSPS) is 18.2. The van der Waals surface area contributed by atoms with Crippen molar-refractivity contribution in [3.05, 3.63) is 78.2 Å². The summed E-state index contributed by atoms with van der Waals surface area (Å²) < 4.78 is 2.19. The van der Waals surface area contributed by atoms with Gasteiger partial charge in [0.1, 0.15) is 5.82 Å². The maximum Gasteiger partial charge on any atom is 0.224 e. The molecule has 1 amide bonds. The molecule has 1 aliphatic rings. The molecular formula is C27H34N4O2. The van der Waals surface area contributed by atoms with Crippen LogP contribution in [-0.4, -0.2) is 51.2 Å². The van der Waals surface area contributed by atoms with E-state index in [0.29, 0.717) is 26.1 Å². The number of benzene rings is 2. The fourth-order valence-corrected chi connectivity index (χ4v) is 4.60. The van der Waals surface area contributed by atoms with E-state index in [1.165, 1.54) is 5.56 Å². The van der Waals surface area contributed by atoms with Crippen molar-refractivity contribution in [1.29, 1.82) is 0 Å². The molecule has 0 spiro atoms. The van der Waals surface area contributed by atoms with Gasteiger partial charge in [0.25, 0.3) is 0 Å². The molecule has 1 saturated heterocycles. The molecule has 1 fully saturated rings. The van der Waals surface area contributed by atoms with E-state index in [0.717, 1.165) is 17.1 Å². The largest absolute Gasteiger partial charge is 0.395 e. The second kappa shape index (κ2) is 9.89. The summed E-state index contributed by atoms with van der Waals surface area (Å²) in [5.41, 5.74) is 2.87. The standard InChI is InChI=1S/C27H34N4O2/c1-27(2,3)25(31-17-22(19-32)28-15-14-24(31)33)26-29-23(21-12-8-5-9-13-21)18-30(26)16-20-10-6-4-7-11-20/h4-13,18,22,25,28,32H,14-17,19H2,1-3H3/t22-,25-/m0/s1. The predicted molar refractivity (Wildman–Crippen MR) is 131 cm³/mol. The molecule has 6 heteroatoms. The predicted octanol–water partition coefficient (Wildman–Crippen LogP) is 3.87. The van der Waals surface area contributed by atoms with Crippen LogP contribution < -0.4 is 5.32 Å². The van der Waals surface area contributed by atoms with Gasteiger partial charge in [-0.2, -0.15) is 0 Å². The van der Waals surface area contributed by atoms with Crippen LogP contribution in [0.5, 0.6) is 0 Å². The highest BCUT2D eigenvalue weighted by molar-refractivity contribution is 5.77. The first-order valence-electron chi connectivity index (χ1n) is 11.7. The number of aromatic nitrogens is 2. The van der Waals surface area contributed by atoms with Crippen LogP contribution in [0.15, 0.2) is 66.9 Å². The fraction of sp³-hybridized carbons (Fsp3) is 0.407. The van der Waals surface area contributed by atoms with Crippen molar-refractivity contribution in [2.75, 3.05) is 19.7 Å². The Morgan fingerprint density at radius 1 is 1.09 bits per heavy atom. The smallest absolute Gasteiger partial charge is 0.224 e. The van der Waals surface area contributed by atoms with Gasteiger partial charge in [0.05, 0.1) is 18.3 Å². The Morgan fingerprint density at radius 3 is 2.39 bits per heavy atom. The Hall–Kier alpha value is -2.96. The summed E-state index contributed by atoms with van der Waals surface area (Å²) in [7, 11) is 0. The van der Waals surface area contributed by atoms with Gasteiger partial charge in [-0.25, -0.2) is 4.98 Å². The summed E-state index contributed by atoms with van der Waals surface area (Å²) in [5.74, 6) is 0.964. The molecular weight excluding hydrogens is 412 g/mol. The van der Waals surface area contributed by atoms with Crippen LogP contribution in [0.1, 0.15) is 44.6 Å². The van der Waals surface area contributed by atoms with Crippen LogP contribution in [0.4, 0.5) is 0 Å². The lowest BCUT2D eigenvalue weighted by molar-refractivity contribution is -0.136. The molecule has 2 heterocycles. The Kier molecular flexibility index (Phi) is 6.96. The third-order valence-corrected chi connectivity index (χ3v) is 6.18. The minimum absolute atomic E-state index is 0.00559. The number of aliphatic hydroxyl groups excluding tert-OH is 1. The summed E-state index contributed by atoms with van der Waals surface area (Å²) in [5, 5.41) is 13.2. The molecule has 0 radical (unpaired) electrons. The number of imidazole rings is 1. The second-order valence-electron chi connectivity index (χ2n) is 9.86. The summed E-state index contributed by atoms with van der Waals surface area (Å²) in [6.45, 7) is 8.16. The first kappa shape index (κ1) is 23.2. The summed E-state index contributed by atoms with van der Waals surface area (Å²) in [6.07, 6.45) is 2.51. The van der Waals surface area contributed by atoms with Gasteiger partial charge >= 0.3 is 0 Å².